The lowest BCUT2D eigenvalue weighted by Gasteiger charge is -2.14. The van der Waals surface area contributed by atoms with E-state index in [0.29, 0.717) is 5.69 Å². The van der Waals surface area contributed by atoms with E-state index in [1.165, 1.54) is 6.07 Å². The fourth-order valence-corrected chi connectivity index (χ4v) is 1.82. The molecule has 18 heavy (non-hydrogen) atoms. The van der Waals surface area contributed by atoms with E-state index in [4.69, 9.17) is 5.11 Å². The van der Waals surface area contributed by atoms with Crippen LogP contribution in [-0.2, 0) is 4.79 Å². The summed E-state index contributed by atoms with van der Waals surface area (Å²) >= 11 is 0. The average molecular weight is 249 g/mol. The monoisotopic (exact) mass is 249 g/mol. The van der Waals surface area contributed by atoms with Crippen LogP contribution in [0.1, 0.15) is 42.6 Å². The smallest absolute Gasteiger partial charge is 0.337 e. The fourth-order valence-electron chi connectivity index (χ4n) is 1.82. The van der Waals surface area contributed by atoms with Crippen molar-refractivity contribution in [2.45, 2.75) is 33.6 Å². The Morgan fingerprint density at radius 2 is 2.06 bits per heavy atom. The molecule has 0 saturated heterocycles. The third kappa shape index (κ3) is 3.32. The lowest BCUT2D eigenvalue weighted by molar-refractivity contribution is -0.119. The van der Waals surface area contributed by atoms with E-state index in [0.717, 1.165) is 18.4 Å². The second-order valence-electron chi connectivity index (χ2n) is 4.48. The van der Waals surface area contributed by atoms with Crippen molar-refractivity contribution in [2.75, 3.05) is 5.32 Å². The Balaban J connectivity index is 2.96. The highest BCUT2D eigenvalue weighted by atomic mass is 16.4. The Morgan fingerprint density at radius 1 is 1.39 bits per heavy atom. The van der Waals surface area contributed by atoms with Gasteiger partial charge in [0.15, 0.2) is 0 Å². The quantitative estimate of drug-likeness (QED) is 0.842. The molecule has 0 aliphatic rings. The SMILES string of the molecule is CCCC(C)C(=O)Nc1c(C)cccc1C(=O)O. The van der Waals surface area contributed by atoms with Gasteiger partial charge in [-0.05, 0) is 25.0 Å². The number of para-hydroxylation sites is 1. The van der Waals surface area contributed by atoms with Gasteiger partial charge in [0.05, 0.1) is 11.3 Å². The number of nitrogens with one attached hydrogen (secondary N) is 1. The molecule has 0 fully saturated rings. The van der Waals surface area contributed by atoms with Crippen molar-refractivity contribution >= 4 is 17.6 Å². The number of carbonyl (C=O) groups excluding carboxylic acids is 1. The number of anilines is 1. The minimum Gasteiger partial charge on any atom is -0.478 e. The molecule has 0 aliphatic heterocycles. The second-order valence-corrected chi connectivity index (χ2v) is 4.48. The van der Waals surface area contributed by atoms with Crippen molar-refractivity contribution in [3.63, 3.8) is 0 Å². The summed E-state index contributed by atoms with van der Waals surface area (Å²) in [6, 6.07) is 4.95. The van der Waals surface area contributed by atoms with Gasteiger partial charge in [0.25, 0.3) is 0 Å². The largest absolute Gasteiger partial charge is 0.478 e. The third-order valence-corrected chi connectivity index (χ3v) is 2.92. The van der Waals surface area contributed by atoms with Gasteiger partial charge in [-0.25, -0.2) is 4.79 Å². The van der Waals surface area contributed by atoms with E-state index in [2.05, 4.69) is 5.32 Å². The summed E-state index contributed by atoms with van der Waals surface area (Å²) in [6.07, 6.45) is 1.72. The highest BCUT2D eigenvalue weighted by Crippen LogP contribution is 2.22. The van der Waals surface area contributed by atoms with E-state index >= 15 is 0 Å². The molecule has 1 unspecified atom stereocenters. The van der Waals surface area contributed by atoms with Gasteiger partial charge in [0, 0.05) is 5.92 Å². The first-order valence-electron chi connectivity index (χ1n) is 6.11. The third-order valence-electron chi connectivity index (χ3n) is 2.92. The van der Waals surface area contributed by atoms with Crippen molar-refractivity contribution < 1.29 is 14.7 Å². The minimum atomic E-state index is -1.03. The van der Waals surface area contributed by atoms with Crippen LogP contribution in [0.5, 0.6) is 0 Å². The summed E-state index contributed by atoms with van der Waals surface area (Å²) in [5.41, 5.74) is 1.29. The molecule has 0 bridgehead atoms. The molecule has 4 heteroatoms. The summed E-state index contributed by atoms with van der Waals surface area (Å²) in [5, 5.41) is 11.8. The number of benzene rings is 1. The molecule has 0 radical (unpaired) electrons. The zero-order valence-electron chi connectivity index (χ0n) is 11.0. The molecule has 1 aromatic carbocycles. The molecule has 98 valence electrons. The van der Waals surface area contributed by atoms with E-state index in [1.54, 1.807) is 19.1 Å². The lowest BCUT2D eigenvalue weighted by atomic mass is 10.0. The maximum Gasteiger partial charge on any atom is 0.337 e. The molecule has 4 nitrogen and oxygen atoms in total. The van der Waals surface area contributed by atoms with Crippen LogP contribution in [0.25, 0.3) is 0 Å². The lowest BCUT2D eigenvalue weighted by Crippen LogP contribution is -2.22. The highest BCUT2D eigenvalue weighted by molar-refractivity contribution is 6.01. The first-order valence-corrected chi connectivity index (χ1v) is 6.11. The van der Waals surface area contributed by atoms with Gasteiger partial charge in [-0.3, -0.25) is 4.79 Å². The minimum absolute atomic E-state index is 0.115. The summed E-state index contributed by atoms with van der Waals surface area (Å²) < 4.78 is 0. The summed E-state index contributed by atoms with van der Waals surface area (Å²) in [6.45, 7) is 5.64. The van der Waals surface area contributed by atoms with Gasteiger partial charge >= 0.3 is 5.97 Å². The number of carboxylic acid groups (broad SMARTS) is 1. The Kier molecular flexibility index (Phi) is 4.89. The standard InChI is InChI=1S/C14H19NO3/c1-4-6-10(3)13(16)15-12-9(2)7-5-8-11(12)14(17)18/h5,7-8,10H,4,6H2,1-3H3,(H,15,16)(H,17,18). The normalized spacial score (nSPS) is 11.9. The maximum absolute atomic E-state index is 11.9. The van der Waals surface area contributed by atoms with Crippen LogP contribution >= 0.6 is 0 Å². The van der Waals surface area contributed by atoms with Crippen LogP contribution in [0.15, 0.2) is 18.2 Å². The molecule has 0 spiro atoms. The van der Waals surface area contributed by atoms with Crippen LogP contribution in [0, 0.1) is 12.8 Å². The van der Waals surface area contributed by atoms with Crippen LogP contribution < -0.4 is 5.32 Å². The molecule has 1 atom stereocenters. The van der Waals surface area contributed by atoms with Gasteiger partial charge in [0.2, 0.25) is 5.91 Å². The number of carboxylic acids is 1. The molecule has 0 heterocycles. The molecule has 0 saturated carbocycles. The van der Waals surface area contributed by atoms with E-state index in [-0.39, 0.29) is 17.4 Å². The number of carbonyl (C=O) groups is 2. The van der Waals surface area contributed by atoms with Crippen molar-refractivity contribution in [3.8, 4) is 0 Å². The Labute approximate surface area is 107 Å². The predicted octanol–water partition coefficient (Wildman–Crippen LogP) is 3.07. The van der Waals surface area contributed by atoms with Crippen LogP contribution in [0.2, 0.25) is 0 Å². The summed E-state index contributed by atoms with van der Waals surface area (Å²) in [4.78, 5) is 23.0. The van der Waals surface area contributed by atoms with E-state index in [9.17, 15) is 9.59 Å². The van der Waals surface area contributed by atoms with Crippen molar-refractivity contribution in [3.05, 3.63) is 29.3 Å². The Bertz CT molecular complexity index is 454. The zero-order valence-corrected chi connectivity index (χ0v) is 11.0. The fraction of sp³-hybridized carbons (Fsp3) is 0.429. The second kappa shape index (κ2) is 6.19. The summed E-state index contributed by atoms with van der Waals surface area (Å²) in [7, 11) is 0. The molecule has 1 rings (SSSR count). The van der Waals surface area contributed by atoms with E-state index in [1.807, 2.05) is 13.8 Å². The first-order chi connectivity index (χ1) is 8.47. The van der Waals surface area contributed by atoms with Gasteiger partial charge in [-0.1, -0.05) is 32.4 Å². The van der Waals surface area contributed by atoms with Gasteiger partial charge < -0.3 is 10.4 Å². The van der Waals surface area contributed by atoms with Crippen LogP contribution in [0.4, 0.5) is 5.69 Å². The van der Waals surface area contributed by atoms with Crippen molar-refractivity contribution in [1.29, 1.82) is 0 Å². The number of rotatable bonds is 5. The van der Waals surface area contributed by atoms with Crippen LogP contribution in [0.3, 0.4) is 0 Å². The number of hydrogen-bond acceptors (Lipinski definition) is 2. The molecule has 2 N–H and O–H groups in total. The number of aryl methyl sites for hydroxylation is 1. The average Bonchev–Trinajstić information content (AvgIpc) is 2.31. The van der Waals surface area contributed by atoms with Crippen molar-refractivity contribution in [2.24, 2.45) is 5.92 Å². The Morgan fingerprint density at radius 3 is 2.61 bits per heavy atom. The van der Waals surface area contributed by atoms with Gasteiger partial charge in [-0.2, -0.15) is 0 Å². The molecular formula is C14H19NO3. The predicted molar refractivity (Wildman–Crippen MR) is 70.8 cm³/mol. The maximum atomic E-state index is 11.9. The zero-order chi connectivity index (χ0) is 13.7. The first kappa shape index (κ1) is 14.2. The van der Waals surface area contributed by atoms with E-state index < -0.39 is 5.97 Å². The molecule has 1 amide bonds. The number of amides is 1. The van der Waals surface area contributed by atoms with Gasteiger partial charge in [-0.15, -0.1) is 0 Å². The summed E-state index contributed by atoms with van der Waals surface area (Å²) in [5.74, 6) is -1.28. The van der Waals surface area contributed by atoms with Crippen molar-refractivity contribution in [1.82, 2.24) is 0 Å². The molecule has 1 aromatic rings. The molecule has 0 aromatic heterocycles. The van der Waals surface area contributed by atoms with Crippen LogP contribution in [-0.4, -0.2) is 17.0 Å². The molecular weight excluding hydrogens is 230 g/mol. The highest BCUT2D eigenvalue weighted by Gasteiger charge is 2.17. The van der Waals surface area contributed by atoms with Gasteiger partial charge in [0.1, 0.15) is 0 Å². The number of aromatic carboxylic acids is 1. The number of hydrogen-bond donors (Lipinski definition) is 2. The topological polar surface area (TPSA) is 66.4 Å². The molecule has 0 aliphatic carbocycles. The Hall–Kier alpha value is -1.84.